The maximum atomic E-state index is 13.6. The zero-order valence-electron chi connectivity index (χ0n) is 24.9. The molecule has 4 atom stereocenters. The smallest absolute Gasteiger partial charge is 0.408 e. The summed E-state index contributed by atoms with van der Waals surface area (Å²) in [5.74, 6) is 3.75. The van der Waals surface area contributed by atoms with Crippen molar-refractivity contribution in [3.63, 3.8) is 0 Å². The normalized spacial score (nSPS) is 16.1. The van der Waals surface area contributed by atoms with Crippen LogP contribution in [0, 0.1) is 5.92 Å². The van der Waals surface area contributed by atoms with E-state index in [4.69, 9.17) is 10.6 Å². The van der Waals surface area contributed by atoms with E-state index in [0.29, 0.717) is 30.8 Å². The van der Waals surface area contributed by atoms with Crippen molar-refractivity contribution in [1.82, 2.24) is 26.3 Å². The van der Waals surface area contributed by atoms with E-state index in [1.54, 1.807) is 44.7 Å². The minimum Gasteiger partial charge on any atom is -0.508 e. The molecule has 1 aromatic rings. The van der Waals surface area contributed by atoms with Gasteiger partial charge in [0.05, 0.1) is 5.88 Å². The largest absolute Gasteiger partial charge is 0.508 e. The maximum absolute atomic E-state index is 13.6. The van der Waals surface area contributed by atoms with E-state index in [2.05, 4.69) is 21.4 Å². The first-order chi connectivity index (χ1) is 19.7. The van der Waals surface area contributed by atoms with Gasteiger partial charge in [-0.3, -0.25) is 24.6 Å². The Morgan fingerprint density at radius 3 is 2.24 bits per heavy atom. The summed E-state index contributed by atoms with van der Waals surface area (Å²) in [6.45, 7) is 9.36. The van der Waals surface area contributed by atoms with E-state index in [9.17, 15) is 29.1 Å². The number of phenols is 1. The SMILES string of the molecule is CC[C@H](C)[C@H](NC(=O)[C@H](Cc1ccc(O)cc1)NC(=O)[C@H](CSCN1CCCC1=O)NC(=O)OC(C)(C)C)C(=O)NN. The Bertz CT molecular complexity index is 1100. The summed E-state index contributed by atoms with van der Waals surface area (Å²) in [7, 11) is 0. The van der Waals surface area contributed by atoms with Crippen molar-refractivity contribution in [2.24, 2.45) is 11.8 Å². The van der Waals surface area contributed by atoms with Crippen LogP contribution < -0.4 is 27.2 Å². The molecule has 1 saturated heterocycles. The van der Waals surface area contributed by atoms with Crippen LogP contribution in [0.2, 0.25) is 0 Å². The van der Waals surface area contributed by atoms with Crippen molar-refractivity contribution in [1.29, 1.82) is 0 Å². The van der Waals surface area contributed by atoms with Crippen molar-refractivity contribution < 1.29 is 33.8 Å². The lowest BCUT2D eigenvalue weighted by atomic mass is 9.97. The fraction of sp³-hybridized carbons (Fsp3) is 0.607. The van der Waals surface area contributed by atoms with Gasteiger partial charge in [0.1, 0.15) is 29.5 Å². The maximum Gasteiger partial charge on any atom is 0.408 e. The number of aromatic hydroxyl groups is 1. The molecule has 14 heteroatoms. The second kappa shape index (κ2) is 16.2. The topological polar surface area (TPSA) is 192 Å². The summed E-state index contributed by atoms with van der Waals surface area (Å²) < 4.78 is 5.34. The van der Waals surface area contributed by atoms with E-state index < -0.39 is 47.5 Å². The van der Waals surface area contributed by atoms with Crippen LogP contribution >= 0.6 is 11.8 Å². The number of phenolic OH excluding ortho intramolecular Hbond substituents is 1. The Labute approximate surface area is 251 Å². The monoisotopic (exact) mass is 608 g/mol. The number of hydrogen-bond acceptors (Lipinski definition) is 9. The zero-order chi connectivity index (χ0) is 31.4. The molecule has 0 saturated carbocycles. The molecule has 0 unspecified atom stereocenters. The number of hydrogen-bond donors (Lipinski definition) is 6. The highest BCUT2D eigenvalue weighted by Crippen LogP contribution is 2.17. The standard InChI is InChI=1S/C28H44N6O7S/c1-6-17(2)23(26(39)33-29)32-24(37)20(14-18-9-11-19(35)12-10-18)30-25(38)21(31-27(40)41-28(3,4)5)15-42-16-34-13-7-8-22(34)36/h9-12,17,20-21,23,35H,6-8,13-16,29H2,1-5H3,(H,30,38)(H,31,40)(H,32,37)(H,33,39)/t17-,20-,21-,23-/m0/s1. The van der Waals surface area contributed by atoms with Gasteiger partial charge in [-0.25, -0.2) is 10.6 Å². The molecule has 0 bridgehead atoms. The Kier molecular flexibility index (Phi) is 13.4. The second-order valence-electron chi connectivity index (χ2n) is 11.3. The number of thioether (sulfide) groups is 1. The molecule has 234 valence electrons. The van der Waals surface area contributed by atoms with Crippen LogP contribution in [-0.2, 0) is 30.3 Å². The lowest BCUT2D eigenvalue weighted by Gasteiger charge is -2.28. The summed E-state index contributed by atoms with van der Waals surface area (Å²) in [6, 6.07) is 2.94. The molecule has 0 aliphatic carbocycles. The van der Waals surface area contributed by atoms with Crippen LogP contribution in [0.5, 0.6) is 5.75 Å². The number of ether oxygens (including phenoxy) is 1. The number of alkyl carbamates (subject to hydrolysis) is 1. The first kappa shape index (κ1) is 34.7. The van der Waals surface area contributed by atoms with Gasteiger partial charge in [-0.15, -0.1) is 11.8 Å². The van der Waals surface area contributed by atoms with Crippen molar-refractivity contribution >= 4 is 41.5 Å². The van der Waals surface area contributed by atoms with E-state index in [1.165, 1.54) is 23.9 Å². The van der Waals surface area contributed by atoms with E-state index in [0.717, 1.165) is 6.42 Å². The van der Waals surface area contributed by atoms with Crippen LogP contribution in [0.25, 0.3) is 0 Å². The van der Waals surface area contributed by atoms with Gasteiger partial charge in [0.25, 0.3) is 5.91 Å². The zero-order valence-corrected chi connectivity index (χ0v) is 25.7. The van der Waals surface area contributed by atoms with Crippen LogP contribution in [0.4, 0.5) is 4.79 Å². The molecule has 0 radical (unpaired) electrons. The minimum absolute atomic E-state index is 0.0317. The highest BCUT2D eigenvalue weighted by molar-refractivity contribution is 7.99. The summed E-state index contributed by atoms with van der Waals surface area (Å²) in [6.07, 6.45) is 1.05. The lowest BCUT2D eigenvalue weighted by Crippen LogP contribution is -2.59. The fourth-order valence-electron chi connectivity index (χ4n) is 4.15. The van der Waals surface area contributed by atoms with Gasteiger partial charge in [0.15, 0.2) is 0 Å². The molecule has 2 rings (SSSR count). The molecule has 1 heterocycles. The molecular formula is C28H44N6O7S. The lowest BCUT2D eigenvalue weighted by molar-refractivity contribution is -0.133. The predicted octanol–water partition coefficient (Wildman–Crippen LogP) is 1.15. The minimum atomic E-state index is -1.15. The average Bonchev–Trinajstić information content (AvgIpc) is 3.34. The Morgan fingerprint density at radius 1 is 1.05 bits per heavy atom. The number of amides is 5. The number of carbonyl (C=O) groups is 5. The molecule has 42 heavy (non-hydrogen) atoms. The number of nitrogens with one attached hydrogen (secondary N) is 4. The highest BCUT2D eigenvalue weighted by atomic mass is 32.2. The van der Waals surface area contributed by atoms with Gasteiger partial charge in [-0.1, -0.05) is 32.4 Å². The average molecular weight is 609 g/mol. The third-order valence-corrected chi connectivity index (χ3v) is 7.72. The van der Waals surface area contributed by atoms with E-state index in [-0.39, 0.29) is 29.7 Å². The van der Waals surface area contributed by atoms with Gasteiger partial charge >= 0.3 is 6.09 Å². The van der Waals surface area contributed by atoms with Crippen molar-refractivity contribution in [2.45, 2.75) is 84.0 Å². The molecule has 7 N–H and O–H groups in total. The first-order valence-corrected chi connectivity index (χ1v) is 15.1. The molecular weight excluding hydrogens is 564 g/mol. The molecule has 1 fully saturated rings. The molecule has 13 nitrogen and oxygen atoms in total. The molecule has 1 aliphatic heterocycles. The second-order valence-corrected chi connectivity index (χ2v) is 12.3. The van der Waals surface area contributed by atoms with Crippen LogP contribution in [0.15, 0.2) is 24.3 Å². The number of hydrazine groups is 1. The highest BCUT2D eigenvalue weighted by Gasteiger charge is 2.32. The van der Waals surface area contributed by atoms with Gasteiger partial charge < -0.3 is 30.7 Å². The van der Waals surface area contributed by atoms with Crippen molar-refractivity contribution in [3.05, 3.63) is 29.8 Å². The number of likely N-dealkylation sites (tertiary alicyclic amines) is 1. The molecule has 1 aliphatic rings. The summed E-state index contributed by atoms with van der Waals surface area (Å²) in [5, 5.41) is 17.7. The summed E-state index contributed by atoms with van der Waals surface area (Å²) in [5.41, 5.74) is 1.89. The van der Waals surface area contributed by atoms with E-state index >= 15 is 0 Å². The van der Waals surface area contributed by atoms with Crippen LogP contribution in [-0.4, -0.2) is 81.6 Å². The number of nitrogens with two attached hydrogens (primary N) is 1. The van der Waals surface area contributed by atoms with Gasteiger partial charge in [0.2, 0.25) is 17.7 Å². The van der Waals surface area contributed by atoms with Crippen molar-refractivity contribution in [3.8, 4) is 5.75 Å². The predicted molar refractivity (Wildman–Crippen MR) is 159 cm³/mol. The van der Waals surface area contributed by atoms with Crippen LogP contribution in [0.1, 0.15) is 59.4 Å². The summed E-state index contributed by atoms with van der Waals surface area (Å²) >= 11 is 1.29. The first-order valence-electron chi connectivity index (χ1n) is 14.0. The third-order valence-electron chi connectivity index (χ3n) is 6.66. The number of carbonyl (C=O) groups excluding carboxylic acids is 5. The number of rotatable bonds is 14. The molecule has 0 aromatic heterocycles. The number of benzene rings is 1. The molecule has 5 amide bonds. The van der Waals surface area contributed by atoms with Crippen molar-refractivity contribution in [2.75, 3.05) is 18.2 Å². The van der Waals surface area contributed by atoms with Gasteiger partial charge in [-0.2, -0.15) is 0 Å². The van der Waals surface area contributed by atoms with Gasteiger partial charge in [0, 0.05) is 25.1 Å². The quantitative estimate of drug-likeness (QED) is 0.102. The third kappa shape index (κ3) is 11.4. The van der Waals surface area contributed by atoms with Gasteiger partial charge in [-0.05, 0) is 50.8 Å². The molecule has 1 aromatic carbocycles. The van der Waals surface area contributed by atoms with E-state index in [1.807, 2.05) is 6.92 Å². The Hall–Kier alpha value is -3.52. The van der Waals surface area contributed by atoms with Crippen LogP contribution in [0.3, 0.4) is 0 Å². The molecule has 0 spiro atoms. The summed E-state index contributed by atoms with van der Waals surface area (Å²) in [4.78, 5) is 65.8. The Balaban J connectivity index is 2.27. The Morgan fingerprint density at radius 2 is 1.69 bits per heavy atom. The fourth-order valence-corrected chi connectivity index (χ4v) is 5.22. The number of nitrogens with zero attached hydrogens (tertiary/aromatic N) is 1.